The first-order valence-corrected chi connectivity index (χ1v) is 11.7. The number of piperazine rings is 1. The topological polar surface area (TPSA) is 57.9 Å². The van der Waals surface area contributed by atoms with Crippen LogP contribution in [-0.4, -0.2) is 73.2 Å². The number of fused-ring (bicyclic) bond motifs is 2. The van der Waals surface area contributed by atoms with Gasteiger partial charge in [0.05, 0.1) is 0 Å². The number of aliphatic hydroxyl groups excluding tert-OH is 1. The van der Waals surface area contributed by atoms with E-state index in [-0.39, 0.29) is 76.7 Å². The second-order valence-corrected chi connectivity index (χ2v) is 9.01. The van der Waals surface area contributed by atoms with Crippen LogP contribution in [0.4, 0.5) is 0 Å². The maximum atomic E-state index is 13.7. The van der Waals surface area contributed by atoms with E-state index in [1.54, 1.807) is 0 Å². The molecule has 2 aromatic carbocycles. The minimum Gasteiger partial charge on any atom is -0.659 e. The average Bonchev–Trinajstić information content (AvgIpc) is 2.82. The molecule has 2 bridgehead atoms. The third kappa shape index (κ3) is 6.51. The first-order valence-electron chi connectivity index (χ1n) is 11.7. The number of carbonyl (C=O) groups is 1. The normalized spacial score (nSPS) is 20.3. The summed E-state index contributed by atoms with van der Waals surface area (Å²) >= 11 is 0. The molecule has 1 N–H and O–H groups in total. The summed E-state index contributed by atoms with van der Waals surface area (Å²) < 4.78 is 0. The van der Waals surface area contributed by atoms with Crippen molar-refractivity contribution in [2.24, 2.45) is 0 Å². The minimum absolute atomic E-state index is 0. The van der Waals surface area contributed by atoms with Crippen LogP contribution in [-0.2, 0) is 17.6 Å². The Bertz CT molecular complexity index is 946. The third-order valence-electron chi connectivity index (χ3n) is 6.89. The molecule has 0 radical (unpaired) electrons. The van der Waals surface area contributed by atoms with E-state index in [2.05, 4.69) is 48.3 Å². The molecule has 0 aromatic heterocycles. The number of hydrogen-bond donors (Lipinski definition) is 1. The van der Waals surface area contributed by atoms with E-state index in [0.29, 0.717) is 19.1 Å². The summed E-state index contributed by atoms with van der Waals surface area (Å²) in [5, 5.41) is 13.8. The van der Waals surface area contributed by atoms with Gasteiger partial charge in [0.25, 0.3) is 5.91 Å². The van der Waals surface area contributed by atoms with Gasteiger partial charge in [0, 0.05) is 31.8 Å². The van der Waals surface area contributed by atoms with Crippen molar-refractivity contribution in [1.82, 2.24) is 9.80 Å². The van der Waals surface area contributed by atoms with Gasteiger partial charge >= 0.3 is 58.2 Å². The number of likely N-dealkylation sites (N-methyl/N-ethyl adjacent to an activating group) is 2. The minimum atomic E-state index is 0. The number of amides is 1. The van der Waals surface area contributed by atoms with Crippen LogP contribution in [0.2, 0.25) is 0 Å². The van der Waals surface area contributed by atoms with Gasteiger partial charge in [-0.3, -0.25) is 9.69 Å². The summed E-state index contributed by atoms with van der Waals surface area (Å²) in [5.74, 6) is 0.118. The van der Waals surface area contributed by atoms with Gasteiger partial charge in [0.2, 0.25) is 0 Å². The molecular weight excluding hydrogens is 484 g/mol. The zero-order valence-electron chi connectivity index (χ0n) is 20.2. The zero-order chi connectivity index (χ0) is 22.5. The molecule has 170 valence electrons. The smallest absolute Gasteiger partial charge is 0.659 e. The molecule has 2 aliphatic heterocycles. The summed E-state index contributed by atoms with van der Waals surface area (Å²) in [6.45, 7) is 2.41. The van der Waals surface area contributed by atoms with Crippen molar-refractivity contribution in [3.05, 3.63) is 82.2 Å². The number of rotatable bonds is 8. The summed E-state index contributed by atoms with van der Waals surface area (Å²) in [6, 6.07) is 19.3. The van der Waals surface area contributed by atoms with Crippen LogP contribution in [0.15, 0.2) is 60.2 Å². The molecule has 1 fully saturated rings. The SMILES string of the molecule is CN(CCc1ccccc1)C(=O)C1=C(c2ccc(CCCO)cc2)CC2C[N-]CC1N2C.[Rb+]. The Morgan fingerprint density at radius 1 is 1.06 bits per heavy atom. The van der Waals surface area contributed by atoms with Crippen molar-refractivity contribution in [2.75, 3.05) is 40.3 Å². The van der Waals surface area contributed by atoms with Gasteiger partial charge < -0.3 is 15.3 Å². The Hall–Kier alpha value is -0.665. The third-order valence-corrected chi connectivity index (χ3v) is 6.89. The Kier molecular flexibility index (Phi) is 10.5. The summed E-state index contributed by atoms with van der Waals surface area (Å²) in [7, 11) is 4.05. The molecule has 2 unspecified atom stereocenters. The molecule has 2 aliphatic rings. The Labute approximate surface area is 247 Å². The number of nitrogens with zero attached hydrogens (tertiary/aromatic N) is 3. The van der Waals surface area contributed by atoms with E-state index in [0.717, 1.165) is 43.4 Å². The number of carbonyl (C=O) groups excluding carboxylic acids is 1. The average molecular weight is 518 g/mol. The van der Waals surface area contributed by atoms with E-state index in [9.17, 15) is 4.79 Å². The fraction of sp³-hybridized carbons (Fsp3) is 0.444. The van der Waals surface area contributed by atoms with Crippen molar-refractivity contribution in [1.29, 1.82) is 0 Å². The molecule has 4 rings (SSSR count). The van der Waals surface area contributed by atoms with Crippen LogP contribution in [0.1, 0.15) is 29.5 Å². The molecule has 6 heteroatoms. The quantitative estimate of drug-likeness (QED) is 0.556. The van der Waals surface area contributed by atoms with Crippen molar-refractivity contribution in [3.63, 3.8) is 0 Å². The monoisotopic (exact) mass is 517 g/mol. The largest absolute Gasteiger partial charge is 1.00 e. The van der Waals surface area contributed by atoms with E-state index < -0.39 is 0 Å². The Morgan fingerprint density at radius 3 is 2.45 bits per heavy atom. The first kappa shape index (κ1) is 26.9. The van der Waals surface area contributed by atoms with Gasteiger partial charge in [-0.1, -0.05) is 54.6 Å². The molecule has 5 nitrogen and oxygen atoms in total. The van der Waals surface area contributed by atoms with Crippen LogP contribution >= 0.6 is 0 Å². The number of aliphatic hydroxyl groups is 1. The Balaban J connectivity index is 0.00000306. The van der Waals surface area contributed by atoms with Gasteiger partial charge in [-0.2, -0.15) is 0 Å². The molecule has 0 saturated carbocycles. The van der Waals surface area contributed by atoms with E-state index >= 15 is 0 Å². The van der Waals surface area contributed by atoms with Gasteiger partial charge in [0.15, 0.2) is 0 Å². The fourth-order valence-corrected chi connectivity index (χ4v) is 4.86. The molecule has 0 aliphatic carbocycles. The summed E-state index contributed by atoms with van der Waals surface area (Å²) in [6.07, 6.45) is 3.34. The molecule has 2 aromatic rings. The predicted octanol–water partition coefficient (Wildman–Crippen LogP) is 0.530. The van der Waals surface area contributed by atoms with Gasteiger partial charge in [0.1, 0.15) is 0 Å². The van der Waals surface area contributed by atoms with Crippen LogP contribution in [0.25, 0.3) is 10.9 Å². The van der Waals surface area contributed by atoms with Crippen LogP contribution < -0.4 is 58.2 Å². The molecule has 2 atom stereocenters. The van der Waals surface area contributed by atoms with Crippen molar-refractivity contribution < 1.29 is 68.1 Å². The molecule has 33 heavy (non-hydrogen) atoms. The van der Waals surface area contributed by atoms with Crippen LogP contribution in [0.5, 0.6) is 0 Å². The number of aryl methyl sites for hydroxylation is 1. The predicted molar refractivity (Wildman–Crippen MR) is 130 cm³/mol. The Morgan fingerprint density at radius 2 is 1.76 bits per heavy atom. The maximum absolute atomic E-state index is 13.7. The van der Waals surface area contributed by atoms with E-state index in [1.807, 2.05) is 30.1 Å². The first-order chi connectivity index (χ1) is 15.6. The zero-order valence-corrected chi connectivity index (χ0v) is 25.1. The van der Waals surface area contributed by atoms with Crippen molar-refractivity contribution in [2.45, 2.75) is 37.8 Å². The summed E-state index contributed by atoms with van der Waals surface area (Å²) in [5.41, 5.74) is 5.69. The number of hydrogen-bond acceptors (Lipinski definition) is 3. The molecular formula is C27H34N3O2Rb. The fourth-order valence-electron chi connectivity index (χ4n) is 4.86. The number of benzene rings is 2. The van der Waals surface area contributed by atoms with E-state index in [4.69, 9.17) is 10.4 Å². The molecule has 1 saturated heterocycles. The van der Waals surface area contributed by atoms with Gasteiger partial charge in [-0.15, -0.1) is 13.1 Å². The van der Waals surface area contributed by atoms with Crippen LogP contribution in [0.3, 0.4) is 0 Å². The van der Waals surface area contributed by atoms with Gasteiger partial charge in [-0.05, 0) is 61.0 Å². The van der Waals surface area contributed by atoms with Crippen molar-refractivity contribution in [3.8, 4) is 0 Å². The standard InChI is InChI=1S/C27H34N3O2.Rb/c1-29(15-14-20-7-4-3-5-8-20)27(32)26-24(17-23-18-28-19-25(26)30(23)2)22-12-10-21(11-13-22)9-6-16-31;/h3-5,7-8,10-13,23,25,31H,6,9,14-19H2,1-2H3;/q-1;+1. The second-order valence-electron chi connectivity index (χ2n) is 9.01. The van der Waals surface area contributed by atoms with Crippen molar-refractivity contribution >= 4 is 11.5 Å². The van der Waals surface area contributed by atoms with Crippen LogP contribution in [0, 0.1) is 0 Å². The maximum Gasteiger partial charge on any atom is 1.00 e. The second kappa shape index (κ2) is 12.9. The molecule has 1 amide bonds. The van der Waals surface area contributed by atoms with Gasteiger partial charge in [-0.25, -0.2) is 0 Å². The molecule has 0 spiro atoms. The summed E-state index contributed by atoms with van der Waals surface area (Å²) in [4.78, 5) is 18.0. The molecule has 2 heterocycles. The van der Waals surface area contributed by atoms with E-state index in [1.165, 1.54) is 16.7 Å².